The second-order valence-electron chi connectivity index (χ2n) is 5.83. The normalized spacial score (nSPS) is 10.4. The van der Waals surface area contributed by atoms with Crippen molar-refractivity contribution in [2.75, 3.05) is 18.4 Å². The Balaban J connectivity index is 2.33. The topological polar surface area (TPSA) is 49.4 Å². The molecule has 23 heavy (non-hydrogen) atoms. The SMILES string of the molecule is CCCN(CCC)C(=O)CCCC(=O)Nc1ccc(CC)cc1. The minimum absolute atomic E-state index is 0.0282. The first-order valence-electron chi connectivity index (χ1n) is 8.77. The van der Waals surface area contributed by atoms with E-state index >= 15 is 0 Å². The van der Waals surface area contributed by atoms with Crippen LogP contribution < -0.4 is 5.32 Å². The molecule has 0 aromatic heterocycles. The summed E-state index contributed by atoms with van der Waals surface area (Å²) in [7, 11) is 0. The molecule has 0 aliphatic carbocycles. The van der Waals surface area contributed by atoms with Crippen molar-refractivity contribution in [3.05, 3.63) is 29.8 Å². The van der Waals surface area contributed by atoms with E-state index in [4.69, 9.17) is 0 Å². The summed E-state index contributed by atoms with van der Waals surface area (Å²) in [6.07, 6.45) is 4.36. The summed E-state index contributed by atoms with van der Waals surface area (Å²) in [5.74, 6) is 0.133. The second kappa shape index (κ2) is 10.8. The van der Waals surface area contributed by atoms with Gasteiger partial charge in [-0.2, -0.15) is 0 Å². The van der Waals surface area contributed by atoms with Gasteiger partial charge in [0, 0.05) is 31.6 Å². The Hall–Kier alpha value is -1.84. The van der Waals surface area contributed by atoms with E-state index in [1.165, 1.54) is 5.56 Å². The number of carbonyl (C=O) groups excluding carboxylic acids is 2. The van der Waals surface area contributed by atoms with Crippen LogP contribution in [0.3, 0.4) is 0 Å². The highest BCUT2D eigenvalue weighted by molar-refractivity contribution is 5.91. The van der Waals surface area contributed by atoms with Crippen LogP contribution in [0.5, 0.6) is 0 Å². The first-order valence-corrected chi connectivity index (χ1v) is 8.77. The van der Waals surface area contributed by atoms with Gasteiger partial charge >= 0.3 is 0 Å². The average Bonchev–Trinajstić information content (AvgIpc) is 2.55. The molecule has 0 saturated heterocycles. The summed E-state index contributed by atoms with van der Waals surface area (Å²) in [4.78, 5) is 26.0. The van der Waals surface area contributed by atoms with E-state index < -0.39 is 0 Å². The number of nitrogens with zero attached hydrogens (tertiary/aromatic N) is 1. The molecule has 1 N–H and O–H groups in total. The number of carbonyl (C=O) groups is 2. The zero-order valence-corrected chi connectivity index (χ0v) is 14.7. The molecule has 0 saturated carbocycles. The van der Waals surface area contributed by atoms with E-state index in [0.29, 0.717) is 19.3 Å². The van der Waals surface area contributed by atoms with Crippen molar-refractivity contribution in [2.45, 2.75) is 59.3 Å². The molecule has 2 amide bonds. The Labute approximate surface area is 140 Å². The van der Waals surface area contributed by atoms with Gasteiger partial charge in [0.1, 0.15) is 0 Å². The maximum atomic E-state index is 12.1. The third-order valence-corrected chi connectivity index (χ3v) is 3.78. The van der Waals surface area contributed by atoms with Crippen LogP contribution in [0.1, 0.15) is 58.4 Å². The minimum atomic E-state index is -0.0282. The van der Waals surface area contributed by atoms with Crippen molar-refractivity contribution in [2.24, 2.45) is 0 Å². The first kappa shape index (κ1) is 19.2. The van der Waals surface area contributed by atoms with Crippen molar-refractivity contribution in [3.8, 4) is 0 Å². The van der Waals surface area contributed by atoms with E-state index in [0.717, 1.165) is 38.0 Å². The van der Waals surface area contributed by atoms with E-state index in [1.807, 2.05) is 29.2 Å². The highest BCUT2D eigenvalue weighted by Crippen LogP contribution is 2.11. The Bertz CT molecular complexity index is 477. The van der Waals surface area contributed by atoms with Gasteiger partial charge in [0.15, 0.2) is 0 Å². The highest BCUT2D eigenvalue weighted by atomic mass is 16.2. The van der Waals surface area contributed by atoms with Crippen LogP contribution in [-0.4, -0.2) is 29.8 Å². The predicted molar refractivity (Wildman–Crippen MR) is 95.5 cm³/mol. The smallest absolute Gasteiger partial charge is 0.224 e. The molecule has 1 aromatic carbocycles. The van der Waals surface area contributed by atoms with Crippen LogP contribution in [0.25, 0.3) is 0 Å². The van der Waals surface area contributed by atoms with Crippen LogP contribution in [-0.2, 0) is 16.0 Å². The molecule has 0 fully saturated rings. The summed E-state index contributed by atoms with van der Waals surface area (Å²) in [6, 6.07) is 7.89. The predicted octanol–water partition coefficient (Wildman–Crippen LogP) is 4.01. The lowest BCUT2D eigenvalue weighted by molar-refractivity contribution is -0.131. The van der Waals surface area contributed by atoms with Crippen molar-refractivity contribution < 1.29 is 9.59 Å². The molecule has 128 valence electrons. The number of aryl methyl sites for hydroxylation is 1. The number of anilines is 1. The third kappa shape index (κ3) is 7.31. The zero-order valence-electron chi connectivity index (χ0n) is 14.7. The van der Waals surface area contributed by atoms with Gasteiger partial charge in [-0.3, -0.25) is 9.59 Å². The van der Waals surface area contributed by atoms with Gasteiger partial charge < -0.3 is 10.2 Å². The minimum Gasteiger partial charge on any atom is -0.343 e. The molecule has 0 heterocycles. The van der Waals surface area contributed by atoms with E-state index in [1.54, 1.807) is 0 Å². The summed E-state index contributed by atoms with van der Waals surface area (Å²) in [5.41, 5.74) is 2.07. The summed E-state index contributed by atoms with van der Waals surface area (Å²) in [5, 5.41) is 2.88. The molecule has 0 unspecified atom stereocenters. The Morgan fingerprint density at radius 3 is 2.09 bits per heavy atom. The van der Waals surface area contributed by atoms with Gasteiger partial charge in [-0.25, -0.2) is 0 Å². The van der Waals surface area contributed by atoms with Crippen LogP contribution in [0.15, 0.2) is 24.3 Å². The molecule has 4 nitrogen and oxygen atoms in total. The number of benzene rings is 1. The maximum absolute atomic E-state index is 12.1. The van der Waals surface area contributed by atoms with E-state index in [-0.39, 0.29) is 11.8 Å². The van der Waals surface area contributed by atoms with Gasteiger partial charge in [0.05, 0.1) is 0 Å². The van der Waals surface area contributed by atoms with E-state index in [9.17, 15) is 9.59 Å². The van der Waals surface area contributed by atoms with Crippen molar-refractivity contribution >= 4 is 17.5 Å². The fraction of sp³-hybridized carbons (Fsp3) is 0.579. The molecular formula is C19H30N2O2. The quantitative estimate of drug-likeness (QED) is 0.708. The first-order chi connectivity index (χ1) is 11.1. The second-order valence-corrected chi connectivity index (χ2v) is 5.83. The molecular weight excluding hydrogens is 288 g/mol. The summed E-state index contributed by atoms with van der Waals surface area (Å²) >= 11 is 0. The fourth-order valence-corrected chi connectivity index (χ4v) is 2.51. The van der Waals surface area contributed by atoms with Gasteiger partial charge in [-0.1, -0.05) is 32.9 Å². The average molecular weight is 318 g/mol. The lowest BCUT2D eigenvalue weighted by Crippen LogP contribution is -2.32. The van der Waals surface area contributed by atoms with Gasteiger partial charge in [-0.05, 0) is 43.4 Å². The molecule has 0 bridgehead atoms. The third-order valence-electron chi connectivity index (χ3n) is 3.78. The number of hydrogen-bond donors (Lipinski definition) is 1. The van der Waals surface area contributed by atoms with Crippen LogP contribution in [0.2, 0.25) is 0 Å². The summed E-state index contributed by atoms with van der Waals surface area (Å²) in [6.45, 7) is 7.87. The largest absolute Gasteiger partial charge is 0.343 e. The van der Waals surface area contributed by atoms with Gasteiger partial charge in [0.2, 0.25) is 11.8 Å². The Morgan fingerprint density at radius 1 is 0.957 bits per heavy atom. The van der Waals surface area contributed by atoms with Crippen molar-refractivity contribution in [1.82, 2.24) is 4.90 Å². The van der Waals surface area contributed by atoms with Crippen molar-refractivity contribution in [3.63, 3.8) is 0 Å². The maximum Gasteiger partial charge on any atom is 0.224 e. The Kier molecular flexibility index (Phi) is 9.03. The number of rotatable bonds is 10. The molecule has 0 radical (unpaired) electrons. The number of nitrogens with one attached hydrogen (secondary N) is 1. The van der Waals surface area contributed by atoms with Gasteiger partial charge in [-0.15, -0.1) is 0 Å². The van der Waals surface area contributed by atoms with Crippen LogP contribution in [0.4, 0.5) is 5.69 Å². The number of hydrogen-bond acceptors (Lipinski definition) is 2. The van der Waals surface area contributed by atoms with Crippen LogP contribution >= 0.6 is 0 Å². The van der Waals surface area contributed by atoms with E-state index in [2.05, 4.69) is 26.1 Å². The Morgan fingerprint density at radius 2 is 1.57 bits per heavy atom. The number of amides is 2. The fourth-order valence-electron chi connectivity index (χ4n) is 2.51. The molecule has 0 atom stereocenters. The molecule has 1 rings (SSSR count). The summed E-state index contributed by atoms with van der Waals surface area (Å²) < 4.78 is 0. The lowest BCUT2D eigenvalue weighted by atomic mass is 10.1. The zero-order chi connectivity index (χ0) is 17.1. The monoisotopic (exact) mass is 318 g/mol. The molecule has 0 spiro atoms. The molecule has 1 aromatic rings. The van der Waals surface area contributed by atoms with Crippen molar-refractivity contribution in [1.29, 1.82) is 0 Å². The molecule has 4 heteroatoms. The molecule has 0 aliphatic rings. The lowest BCUT2D eigenvalue weighted by Gasteiger charge is -2.21. The van der Waals surface area contributed by atoms with Crippen LogP contribution in [0, 0.1) is 0 Å². The molecule has 0 aliphatic heterocycles. The van der Waals surface area contributed by atoms with Gasteiger partial charge in [0.25, 0.3) is 0 Å². The highest BCUT2D eigenvalue weighted by Gasteiger charge is 2.12. The standard InChI is InChI=1S/C19H30N2O2/c1-4-14-21(15-5-2)19(23)9-7-8-18(22)20-17-12-10-16(6-3)11-13-17/h10-13H,4-9,14-15H2,1-3H3,(H,20,22).